The van der Waals surface area contributed by atoms with Gasteiger partial charge in [-0.15, -0.1) is 0 Å². The second-order valence-corrected chi connectivity index (χ2v) is 7.26. The van der Waals surface area contributed by atoms with Gasteiger partial charge < -0.3 is 5.32 Å². The zero-order chi connectivity index (χ0) is 12.3. The summed E-state index contributed by atoms with van der Waals surface area (Å²) in [5.41, 5.74) is 0.201. The van der Waals surface area contributed by atoms with E-state index in [4.69, 9.17) is 0 Å². The Morgan fingerprint density at radius 3 is 2.75 bits per heavy atom. The van der Waals surface area contributed by atoms with Crippen molar-refractivity contribution in [3.05, 3.63) is 0 Å². The molecule has 0 aliphatic carbocycles. The molecular formula is C12H26N2OS. The molecule has 3 unspecified atom stereocenters. The Labute approximate surface area is 102 Å². The lowest BCUT2D eigenvalue weighted by Gasteiger charge is -2.46. The van der Waals surface area contributed by atoms with Crippen molar-refractivity contribution >= 4 is 10.8 Å². The molecule has 1 fully saturated rings. The molecule has 96 valence electrons. The van der Waals surface area contributed by atoms with Crippen LogP contribution in [0.1, 0.15) is 34.1 Å². The smallest absolute Gasteiger partial charge is 0.0253 e. The maximum absolute atomic E-state index is 11.1. The Hall–Kier alpha value is 0.0700. The summed E-state index contributed by atoms with van der Waals surface area (Å²) < 4.78 is 11.1. The van der Waals surface area contributed by atoms with Gasteiger partial charge >= 0.3 is 0 Å². The summed E-state index contributed by atoms with van der Waals surface area (Å²) in [6.07, 6.45) is 2.82. The molecule has 0 radical (unpaired) electrons. The van der Waals surface area contributed by atoms with Gasteiger partial charge in [0.15, 0.2) is 0 Å². The maximum Gasteiger partial charge on any atom is 0.0253 e. The van der Waals surface area contributed by atoms with Crippen molar-refractivity contribution in [2.75, 3.05) is 25.1 Å². The van der Waals surface area contributed by atoms with Crippen LogP contribution in [0.25, 0.3) is 0 Å². The molecule has 1 aliphatic heterocycles. The Morgan fingerprint density at radius 2 is 2.19 bits per heavy atom. The van der Waals surface area contributed by atoms with Crippen LogP contribution in [0.5, 0.6) is 0 Å². The van der Waals surface area contributed by atoms with Crippen molar-refractivity contribution in [1.82, 2.24) is 10.2 Å². The van der Waals surface area contributed by atoms with Gasteiger partial charge in [-0.25, -0.2) is 0 Å². The van der Waals surface area contributed by atoms with E-state index in [1.165, 1.54) is 0 Å². The van der Waals surface area contributed by atoms with E-state index in [9.17, 15) is 4.21 Å². The molecule has 1 N–H and O–H groups in total. The zero-order valence-corrected chi connectivity index (χ0v) is 12.1. The third-order valence-electron chi connectivity index (χ3n) is 3.41. The van der Waals surface area contributed by atoms with Crippen molar-refractivity contribution in [3.8, 4) is 0 Å². The average molecular weight is 246 g/mol. The van der Waals surface area contributed by atoms with E-state index in [1.54, 1.807) is 6.26 Å². The van der Waals surface area contributed by atoms with E-state index in [2.05, 4.69) is 37.9 Å². The van der Waals surface area contributed by atoms with Gasteiger partial charge in [-0.1, -0.05) is 0 Å². The van der Waals surface area contributed by atoms with Crippen molar-refractivity contribution in [2.45, 2.75) is 51.7 Å². The number of rotatable bonds is 4. The highest BCUT2D eigenvalue weighted by Crippen LogP contribution is 2.19. The van der Waals surface area contributed by atoms with Gasteiger partial charge in [0.05, 0.1) is 0 Å². The molecule has 3 nitrogen and oxygen atoms in total. The van der Waals surface area contributed by atoms with Crippen LogP contribution >= 0.6 is 0 Å². The first kappa shape index (κ1) is 14.1. The average Bonchev–Trinajstić information content (AvgIpc) is 2.18. The zero-order valence-electron chi connectivity index (χ0n) is 11.2. The topological polar surface area (TPSA) is 32.3 Å². The molecule has 0 saturated carbocycles. The Bertz CT molecular complexity index is 255. The molecule has 0 aromatic rings. The van der Waals surface area contributed by atoms with E-state index >= 15 is 0 Å². The first-order chi connectivity index (χ1) is 7.32. The Kier molecular flexibility index (Phi) is 4.95. The summed E-state index contributed by atoms with van der Waals surface area (Å²) in [4.78, 5) is 2.54. The Morgan fingerprint density at radius 1 is 1.56 bits per heavy atom. The first-order valence-electron chi connectivity index (χ1n) is 6.12. The SMILES string of the molecule is CC(CCS(C)=O)N1CC(C)(C)NCC1C. The van der Waals surface area contributed by atoms with E-state index in [1.807, 2.05) is 0 Å². The fraction of sp³-hybridized carbons (Fsp3) is 1.00. The molecule has 4 heteroatoms. The largest absolute Gasteiger partial charge is 0.309 e. The predicted molar refractivity (Wildman–Crippen MR) is 71.3 cm³/mol. The van der Waals surface area contributed by atoms with Gasteiger partial charge in [-0.2, -0.15) is 0 Å². The molecule has 0 aromatic carbocycles. The van der Waals surface area contributed by atoms with Crippen LogP contribution in [-0.4, -0.2) is 51.8 Å². The molecule has 0 spiro atoms. The van der Waals surface area contributed by atoms with Crippen LogP contribution in [-0.2, 0) is 10.8 Å². The number of hydrogen-bond acceptors (Lipinski definition) is 3. The second-order valence-electron chi connectivity index (χ2n) is 5.70. The summed E-state index contributed by atoms with van der Waals surface area (Å²) in [6.45, 7) is 11.1. The van der Waals surface area contributed by atoms with Crippen LogP contribution in [0.15, 0.2) is 0 Å². The van der Waals surface area contributed by atoms with Crippen LogP contribution in [0.2, 0.25) is 0 Å². The molecule has 3 atom stereocenters. The van der Waals surface area contributed by atoms with Gasteiger partial charge in [-0.05, 0) is 34.1 Å². The standard InChI is InChI=1S/C12H26N2OS/c1-10(6-7-16(5)15)14-9-12(3,4)13-8-11(14)2/h10-11,13H,6-9H2,1-5H3. The highest BCUT2D eigenvalue weighted by atomic mass is 32.2. The van der Waals surface area contributed by atoms with Gasteiger partial charge in [0, 0.05) is 53.5 Å². The number of nitrogens with zero attached hydrogens (tertiary/aromatic N) is 1. The fourth-order valence-electron chi connectivity index (χ4n) is 2.30. The maximum atomic E-state index is 11.1. The van der Waals surface area contributed by atoms with Crippen molar-refractivity contribution in [2.24, 2.45) is 0 Å². The lowest BCUT2D eigenvalue weighted by atomic mass is 9.97. The van der Waals surface area contributed by atoms with Crippen molar-refractivity contribution in [1.29, 1.82) is 0 Å². The minimum absolute atomic E-state index is 0.201. The van der Waals surface area contributed by atoms with E-state index in [0.717, 1.165) is 25.3 Å². The summed E-state index contributed by atoms with van der Waals surface area (Å²) in [5, 5.41) is 3.56. The first-order valence-corrected chi connectivity index (χ1v) is 7.85. The monoisotopic (exact) mass is 246 g/mol. The summed E-state index contributed by atoms with van der Waals surface area (Å²) >= 11 is 0. The highest BCUT2D eigenvalue weighted by Gasteiger charge is 2.32. The highest BCUT2D eigenvalue weighted by molar-refractivity contribution is 7.84. The molecule has 0 amide bonds. The van der Waals surface area contributed by atoms with Crippen LogP contribution < -0.4 is 5.32 Å². The van der Waals surface area contributed by atoms with E-state index in [-0.39, 0.29) is 5.54 Å². The number of hydrogen-bond donors (Lipinski definition) is 1. The Balaban J connectivity index is 2.52. The molecule has 16 heavy (non-hydrogen) atoms. The number of piperazine rings is 1. The van der Waals surface area contributed by atoms with E-state index < -0.39 is 10.8 Å². The van der Waals surface area contributed by atoms with E-state index in [0.29, 0.717) is 12.1 Å². The third-order valence-corrected chi connectivity index (χ3v) is 4.22. The van der Waals surface area contributed by atoms with Crippen LogP contribution in [0, 0.1) is 0 Å². The molecule has 1 aliphatic rings. The predicted octanol–water partition coefficient (Wildman–Crippen LogP) is 1.22. The van der Waals surface area contributed by atoms with Crippen LogP contribution in [0.4, 0.5) is 0 Å². The molecule has 1 saturated heterocycles. The van der Waals surface area contributed by atoms with Gasteiger partial charge in [0.1, 0.15) is 0 Å². The number of nitrogens with one attached hydrogen (secondary N) is 1. The molecule has 0 bridgehead atoms. The summed E-state index contributed by atoms with van der Waals surface area (Å²) in [6, 6.07) is 1.11. The second kappa shape index (κ2) is 5.61. The quantitative estimate of drug-likeness (QED) is 0.809. The minimum atomic E-state index is -0.663. The van der Waals surface area contributed by atoms with Crippen molar-refractivity contribution < 1.29 is 4.21 Å². The molecular weight excluding hydrogens is 220 g/mol. The third kappa shape index (κ3) is 4.15. The van der Waals surface area contributed by atoms with Crippen molar-refractivity contribution in [3.63, 3.8) is 0 Å². The molecule has 1 rings (SSSR count). The lowest BCUT2D eigenvalue weighted by molar-refractivity contribution is 0.0680. The van der Waals surface area contributed by atoms with Gasteiger partial charge in [0.25, 0.3) is 0 Å². The van der Waals surface area contributed by atoms with Gasteiger partial charge in [-0.3, -0.25) is 9.11 Å². The summed E-state index contributed by atoms with van der Waals surface area (Å²) in [5.74, 6) is 0.818. The van der Waals surface area contributed by atoms with Crippen LogP contribution in [0.3, 0.4) is 0 Å². The van der Waals surface area contributed by atoms with Gasteiger partial charge in [0.2, 0.25) is 0 Å². The lowest BCUT2D eigenvalue weighted by Crippen LogP contribution is -2.62. The minimum Gasteiger partial charge on any atom is -0.309 e. The molecule has 0 aromatic heterocycles. The normalized spacial score (nSPS) is 29.9. The molecule has 1 heterocycles. The fourth-order valence-corrected chi connectivity index (χ4v) is 2.98. The summed E-state index contributed by atoms with van der Waals surface area (Å²) in [7, 11) is -0.663.